The van der Waals surface area contributed by atoms with Crippen LogP contribution in [0.5, 0.6) is 0 Å². The predicted octanol–water partition coefficient (Wildman–Crippen LogP) is 2.56. The molecule has 2 fully saturated rings. The second-order valence-corrected chi connectivity index (χ2v) is 6.25. The SMILES string of the molecule is CC1CCN(CC2(C(N)=S)CCCC2)CC1. The number of thiocarbonyl (C=S) groups is 1. The molecule has 0 bridgehead atoms. The molecule has 0 spiro atoms. The van der Waals surface area contributed by atoms with Crippen LogP contribution in [0.25, 0.3) is 0 Å². The highest BCUT2D eigenvalue weighted by atomic mass is 32.1. The summed E-state index contributed by atoms with van der Waals surface area (Å²) in [5.41, 5.74) is 6.16. The van der Waals surface area contributed by atoms with E-state index in [4.69, 9.17) is 18.0 Å². The molecule has 92 valence electrons. The highest BCUT2D eigenvalue weighted by Crippen LogP contribution is 2.39. The maximum absolute atomic E-state index is 5.98. The molecule has 1 saturated heterocycles. The number of nitrogens with zero attached hydrogens (tertiary/aromatic N) is 1. The Bertz CT molecular complexity index is 251. The minimum Gasteiger partial charge on any atom is -0.393 e. The fraction of sp³-hybridized carbons (Fsp3) is 0.923. The number of hydrogen-bond donors (Lipinski definition) is 1. The molecule has 1 aliphatic carbocycles. The Morgan fingerprint density at radius 3 is 2.38 bits per heavy atom. The van der Waals surface area contributed by atoms with Crippen molar-refractivity contribution < 1.29 is 0 Å². The summed E-state index contributed by atoms with van der Waals surface area (Å²) in [4.78, 5) is 3.36. The van der Waals surface area contributed by atoms with Gasteiger partial charge in [0.25, 0.3) is 0 Å². The van der Waals surface area contributed by atoms with E-state index < -0.39 is 0 Å². The first-order chi connectivity index (χ1) is 7.62. The van der Waals surface area contributed by atoms with Crippen molar-refractivity contribution in [1.29, 1.82) is 0 Å². The van der Waals surface area contributed by atoms with Crippen LogP contribution in [0.3, 0.4) is 0 Å². The van der Waals surface area contributed by atoms with Crippen molar-refractivity contribution in [3.05, 3.63) is 0 Å². The summed E-state index contributed by atoms with van der Waals surface area (Å²) in [5, 5.41) is 0. The van der Waals surface area contributed by atoms with E-state index in [1.807, 2.05) is 0 Å². The molecule has 1 aliphatic heterocycles. The van der Waals surface area contributed by atoms with Gasteiger partial charge in [-0.3, -0.25) is 0 Å². The zero-order chi connectivity index (χ0) is 11.6. The Kier molecular flexibility index (Phi) is 3.85. The number of rotatable bonds is 3. The number of hydrogen-bond acceptors (Lipinski definition) is 2. The van der Waals surface area contributed by atoms with Crippen LogP contribution in [0.2, 0.25) is 0 Å². The van der Waals surface area contributed by atoms with Crippen molar-refractivity contribution in [2.75, 3.05) is 19.6 Å². The van der Waals surface area contributed by atoms with Crippen molar-refractivity contribution in [1.82, 2.24) is 4.90 Å². The lowest BCUT2D eigenvalue weighted by Crippen LogP contribution is -2.46. The molecule has 2 rings (SSSR count). The van der Waals surface area contributed by atoms with E-state index in [9.17, 15) is 0 Å². The zero-order valence-electron chi connectivity index (χ0n) is 10.4. The van der Waals surface area contributed by atoms with Gasteiger partial charge in [0.1, 0.15) is 0 Å². The fourth-order valence-corrected chi connectivity index (χ4v) is 3.45. The first kappa shape index (κ1) is 12.3. The third-order valence-electron chi connectivity index (χ3n) is 4.49. The van der Waals surface area contributed by atoms with Gasteiger partial charge in [-0.2, -0.15) is 0 Å². The highest BCUT2D eigenvalue weighted by molar-refractivity contribution is 7.80. The van der Waals surface area contributed by atoms with Crippen molar-refractivity contribution in [3.8, 4) is 0 Å². The van der Waals surface area contributed by atoms with E-state index in [0.717, 1.165) is 17.5 Å². The summed E-state index contributed by atoms with van der Waals surface area (Å²) in [6.45, 7) is 5.96. The lowest BCUT2D eigenvalue weighted by Gasteiger charge is -2.38. The van der Waals surface area contributed by atoms with Crippen LogP contribution in [-0.4, -0.2) is 29.5 Å². The van der Waals surface area contributed by atoms with E-state index in [1.54, 1.807) is 0 Å². The molecule has 0 atom stereocenters. The zero-order valence-corrected chi connectivity index (χ0v) is 11.2. The van der Waals surface area contributed by atoms with Gasteiger partial charge in [0.15, 0.2) is 0 Å². The quantitative estimate of drug-likeness (QED) is 0.769. The van der Waals surface area contributed by atoms with E-state index in [2.05, 4.69) is 11.8 Å². The van der Waals surface area contributed by atoms with Gasteiger partial charge in [-0.1, -0.05) is 32.0 Å². The Labute approximate surface area is 105 Å². The van der Waals surface area contributed by atoms with Gasteiger partial charge >= 0.3 is 0 Å². The minimum atomic E-state index is 0.176. The van der Waals surface area contributed by atoms with Gasteiger partial charge in [-0.05, 0) is 44.7 Å². The third-order valence-corrected chi connectivity index (χ3v) is 4.92. The van der Waals surface area contributed by atoms with Gasteiger partial charge in [0.05, 0.1) is 4.99 Å². The molecule has 0 aromatic rings. The van der Waals surface area contributed by atoms with Crippen molar-refractivity contribution in [3.63, 3.8) is 0 Å². The largest absolute Gasteiger partial charge is 0.393 e. The average molecular weight is 240 g/mol. The summed E-state index contributed by atoms with van der Waals surface area (Å²) in [7, 11) is 0. The predicted molar refractivity (Wildman–Crippen MR) is 72.5 cm³/mol. The maximum atomic E-state index is 5.98. The molecule has 2 aliphatic rings. The van der Waals surface area contributed by atoms with Crippen LogP contribution in [0.1, 0.15) is 45.4 Å². The summed E-state index contributed by atoms with van der Waals surface area (Å²) in [6.07, 6.45) is 7.73. The fourth-order valence-electron chi connectivity index (χ4n) is 3.18. The molecular weight excluding hydrogens is 216 g/mol. The number of piperidine rings is 1. The monoisotopic (exact) mass is 240 g/mol. The second-order valence-electron chi connectivity index (χ2n) is 5.81. The molecule has 0 radical (unpaired) electrons. The van der Waals surface area contributed by atoms with E-state index in [1.165, 1.54) is 51.6 Å². The van der Waals surface area contributed by atoms with Gasteiger partial charge in [0.2, 0.25) is 0 Å². The highest BCUT2D eigenvalue weighted by Gasteiger charge is 2.38. The van der Waals surface area contributed by atoms with E-state index in [-0.39, 0.29) is 5.41 Å². The van der Waals surface area contributed by atoms with Crippen LogP contribution < -0.4 is 5.73 Å². The van der Waals surface area contributed by atoms with Gasteiger partial charge in [-0.15, -0.1) is 0 Å². The number of nitrogens with two attached hydrogens (primary N) is 1. The van der Waals surface area contributed by atoms with Crippen molar-refractivity contribution in [2.24, 2.45) is 17.1 Å². The molecule has 16 heavy (non-hydrogen) atoms. The van der Waals surface area contributed by atoms with Crippen LogP contribution in [0.15, 0.2) is 0 Å². The summed E-state index contributed by atoms with van der Waals surface area (Å²) in [5.74, 6) is 0.903. The number of likely N-dealkylation sites (tertiary alicyclic amines) is 1. The smallest absolute Gasteiger partial charge is 0.0802 e. The Hall–Kier alpha value is -0.150. The molecule has 0 aromatic heterocycles. The van der Waals surface area contributed by atoms with E-state index >= 15 is 0 Å². The Balaban J connectivity index is 1.93. The molecule has 0 unspecified atom stereocenters. The topological polar surface area (TPSA) is 29.3 Å². The molecule has 0 amide bonds. The molecule has 1 saturated carbocycles. The van der Waals surface area contributed by atoms with Crippen LogP contribution in [0, 0.1) is 11.3 Å². The standard InChI is InChI=1S/C13H24N2S/c1-11-4-8-15(9-5-11)10-13(12(14)16)6-2-3-7-13/h11H,2-10H2,1H3,(H2,14,16). The van der Waals surface area contributed by atoms with Crippen LogP contribution in [-0.2, 0) is 0 Å². The Morgan fingerprint density at radius 2 is 1.88 bits per heavy atom. The van der Waals surface area contributed by atoms with Crippen LogP contribution >= 0.6 is 12.2 Å². The lowest BCUT2D eigenvalue weighted by atomic mass is 9.84. The molecule has 1 heterocycles. The Morgan fingerprint density at radius 1 is 1.31 bits per heavy atom. The molecule has 3 heteroatoms. The maximum Gasteiger partial charge on any atom is 0.0802 e. The minimum absolute atomic E-state index is 0.176. The molecule has 0 aromatic carbocycles. The lowest BCUT2D eigenvalue weighted by molar-refractivity contribution is 0.149. The first-order valence-electron chi connectivity index (χ1n) is 6.65. The summed E-state index contributed by atoms with van der Waals surface area (Å²) < 4.78 is 0. The molecule has 2 N–H and O–H groups in total. The van der Waals surface area contributed by atoms with Crippen LogP contribution in [0.4, 0.5) is 0 Å². The molecule has 2 nitrogen and oxygen atoms in total. The normalized spacial score (nSPS) is 27.1. The second kappa shape index (κ2) is 5.01. The summed E-state index contributed by atoms with van der Waals surface area (Å²) >= 11 is 5.31. The molecular formula is C13H24N2S. The van der Waals surface area contributed by atoms with E-state index in [0.29, 0.717) is 0 Å². The summed E-state index contributed by atoms with van der Waals surface area (Å²) in [6, 6.07) is 0. The van der Waals surface area contributed by atoms with Gasteiger partial charge in [-0.25, -0.2) is 0 Å². The first-order valence-corrected chi connectivity index (χ1v) is 7.05. The third kappa shape index (κ3) is 2.57. The van der Waals surface area contributed by atoms with Gasteiger partial charge in [0, 0.05) is 12.0 Å². The average Bonchev–Trinajstić information content (AvgIpc) is 2.71. The van der Waals surface area contributed by atoms with Gasteiger partial charge < -0.3 is 10.6 Å². The van der Waals surface area contributed by atoms with Crippen molar-refractivity contribution >= 4 is 17.2 Å². The van der Waals surface area contributed by atoms with Crippen molar-refractivity contribution in [2.45, 2.75) is 45.4 Å².